The van der Waals surface area contributed by atoms with E-state index in [4.69, 9.17) is 0 Å². The number of carbonyl (C=O) groups is 2. The van der Waals surface area contributed by atoms with E-state index < -0.39 is 16.9 Å². The number of nitrogens with one attached hydrogen (secondary N) is 1. The molecule has 96 valence electrons. The van der Waals surface area contributed by atoms with Crippen molar-refractivity contribution in [2.45, 2.75) is 31.2 Å². The summed E-state index contributed by atoms with van der Waals surface area (Å²) in [5, 5.41) is 12.0. The lowest BCUT2D eigenvalue weighted by Crippen LogP contribution is -2.47. The maximum Gasteiger partial charge on any atom is 0.330 e. The quantitative estimate of drug-likeness (QED) is 0.898. The molecule has 0 spiro atoms. The predicted molar refractivity (Wildman–Crippen MR) is 70.3 cm³/mol. The number of rotatable bonds is 3. The Morgan fingerprint density at radius 1 is 1.33 bits per heavy atom. The molecule has 0 heterocycles. The fourth-order valence-electron chi connectivity index (χ4n) is 2.50. The largest absolute Gasteiger partial charge is 0.479 e. The second-order valence-corrected chi connectivity index (χ2v) is 5.82. The van der Waals surface area contributed by atoms with Gasteiger partial charge in [0.1, 0.15) is 5.54 Å². The third kappa shape index (κ3) is 1.82. The second kappa shape index (κ2) is 4.09. The number of halogens is 1. The van der Waals surface area contributed by atoms with Crippen molar-refractivity contribution in [1.82, 2.24) is 5.32 Å². The minimum atomic E-state index is -1.17. The van der Waals surface area contributed by atoms with Gasteiger partial charge in [0.05, 0.1) is 0 Å². The molecule has 0 bridgehead atoms. The first-order valence-electron chi connectivity index (χ1n) is 5.60. The van der Waals surface area contributed by atoms with E-state index in [1.54, 1.807) is 0 Å². The Kier molecular flexibility index (Phi) is 2.97. The molecule has 5 heteroatoms. The van der Waals surface area contributed by atoms with Crippen LogP contribution in [0.3, 0.4) is 0 Å². The average Bonchev–Trinajstić information content (AvgIpc) is 2.86. The van der Waals surface area contributed by atoms with Crippen LogP contribution in [-0.4, -0.2) is 22.5 Å². The van der Waals surface area contributed by atoms with Crippen molar-refractivity contribution in [1.29, 1.82) is 0 Å². The number of hydrogen-bond acceptors (Lipinski definition) is 2. The zero-order valence-corrected chi connectivity index (χ0v) is 11.7. The number of benzene rings is 1. The van der Waals surface area contributed by atoms with E-state index in [1.165, 1.54) is 6.92 Å². The number of aliphatic carboxylic acids is 1. The molecular formula is C13H14BrNO3. The molecule has 2 unspecified atom stereocenters. The summed E-state index contributed by atoms with van der Waals surface area (Å²) in [6.07, 6.45) is 0.413. The van der Waals surface area contributed by atoms with Gasteiger partial charge in [-0.2, -0.15) is 0 Å². The number of carboxylic acid groups (broad SMARTS) is 1. The zero-order chi connectivity index (χ0) is 13.6. The molecule has 1 aliphatic rings. The smallest absolute Gasteiger partial charge is 0.330 e. The van der Waals surface area contributed by atoms with E-state index in [1.807, 2.05) is 31.2 Å². The zero-order valence-electron chi connectivity index (χ0n) is 10.2. The number of hydrogen-bond donors (Lipinski definition) is 2. The standard InChI is InChI=1S/C13H14BrNO3/c1-8(16)15-13(11(17)18)7-12(13,2)9-3-5-10(14)6-4-9/h3-6H,7H2,1-2H3,(H,15,16)(H,17,18). The van der Waals surface area contributed by atoms with Gasteiger partial charge in [-0.1, -0.05) is 35.0 Å². The van der Waals surface area contributed by atoms with Gasteiger partial charge in [-0.3, -0.25) is 4.79 Å². The molecule has 1 amide bonds. The summed E-state index contributed by atoms with van der Waals surface area (Å²) < 4.78 is 0.941. The SMILES string of the molecule is CC(=O)NC1(C(=O)O)CC1(C)c1ccc(Br)cc1. The summed E-state index contributed by atoms with van der Waals surface area (Å²) in [6, 6.07) is 7.52. The van der Waals surface area contributed by atoms with E-state index in [0.29, 0.717) is 6.42 Å². The van der Waals surface area contributed by atoms with Crippen molar-refractivity contribution >= 4 is 27.8 Å². The summed E-state index contributed by atoms with van der Waals surface area (Å²) in [7, 11) is 0. The van der Waals surface area contributed by atoms with Gasteiger partial charge in [-0.05, 0) is 24.1 Å². The van der Waals surface area contributed by atoms with Crippen LogP contribution >= 0.6 is 15.9 Å². The molecular weight excluding hydrogens is 298 g/mol. The van der Waals surface area contributed by atoms with Gasteiger partial charge < -0.3 is 10.4 Å². The molecule has 1 fully saturated rings. The Labute approximate surface area is 114 Å². The molecule has 2 atom stereocenters. The number of carbonyl (C=O) groups excluding carboxylic acids is 1. The Morgan fingerprint density at radius 2 is 1.89 bits per heavy atom. The van der Waals surface area contributed by atoms with Crippen molar-refractivity contribution in [3.8, 4) is 0 Å². The molecule has 2 rings (SSSR count). The fourth-order valence-corrected chi connectivity index (χ4v) is 2.76. The molecule has 4 nitrogen and oxygen atoms in total. The summed E-state index contributed by atoms with van der Waals surface area (Å²) in [5.74, 6) is -1.30. The van der Waals surface area contributed by atoms with Crippen molar-refractivity contribution in [3.63, 3.8) is 0 Å². The van der Waals surface area contributed by atoms with Crippen LogP contribution < -0.4 is 5.32 Å². The maximum atomic E-state index is 11.5. The van der Waals surface area contributed by atoms with Crippen molar-refractivity contribution in [3.05, 3.63) is 34.3 Å². The third-order valence-electron chi connectivity index (χ3n) is 3.67. The molecule has 1 saturated carbocycles. The Balaban J connectivity index is 2.36. The first-order chi connectivity index (χ1) is 8.32. The van der Waals surface area contributed by atoms with Gasteiger partial charge in [-0.15, -0.1) is 0 Å². The van der Waals surface area contributed by atoms with Gasteiger partial charge in [0.25, 0.3) is 0 Å². The first kappa shape index (κ1) is 13.1. The van der Waals surface area contributed by atoms with Crippen LogP contribution in [0.4, 0.5) is 0 Å². The Bertz CT molecular complexity index is 513. The summed E-state index contributed by atoms with van der Waals surface area (Å²) in [4.78, 5) is 22.6. The van der Waals surface area contributed by atoms with E-state index in [0.717, 1.165) is 10.0 Å². The van der Waals surface area contributed by atoms with E-state index >= 15 is 0 Å². The molecule has 0 aliphatic heterocycles. The van der Waals surface area contributed by atoms with Crippen LogP contribution in [0.5, 0.6) is 0 Å². The van der Waals surface area contributed by atoms with Crippen LogP contribution in [0.25, 0.3) is 0 Å². The van der Waals surface area contributed by atoms with Gasteiger partial charge >= 0.3 is 5.97 Å². The van der Waals surface area contributed by atoms with Crippen LogP contribution in [0.1, 0.15) is 25.8 Å². The molecule has 0 aromatic heterocycles. The Hall–Kier alpha value is -1.36. The van der Waals surface area contributed by atoms with Gasteiger partial charge in [0.15, 0.2) is 0 Å². The molecule has 0 saturated heterocycles. The molecule has 1 aromatic carbocycles. The van der Waals surface area contributed by atoms with Crippen LogP contribution in [-0.2, 0) is 15.0 Å². The lowest BCUT2D eigenvalue weighted by molar-refractivity contribution is -0.143. The van der Waals surface area contributed by atoms with E-state index in [-0.39, 0.29) is 5.91 Å². The maximum absolute atomic E-state index is 11.5. The van der Waals surface area contributed by atoms with Crippen molar-refractivity contribution in [2.75, 3.05) is 0 Å². The lowest BCUT2D eigenvalue weighted by atomic mass is 9.92. The summed E-state index contributed by atoms with van der Waals surface area (Å²) >= 11 is 3.34. The first-order valence-corrected chi connectivity index (χ1v) is 6.39. The van der Waals surface area contributed by atoms with Crippen LogP contribution in [0, 0.1) is 0 Å². The van der Waals surface area contributed by atoms with Gasteiger partial charge in [0.2, 0.25) is 5.91 Å². The van der Waals surface area contributed by atoms with Crippen LogP contribution in [0.15, 0.2) is 28.7 Å². The highest BCUT2D eigenvalue weighted by molar-refractivity contribution is 9.10. The highest BCUT2D eigenvalue weighted by Crippen LogP contribution is 2.57. The molecule has 1 aromatic rings. The van der Waals surface area contributed by atoms with Crippen molar-refractivity contribution in [2.24, 2.45) is 0 Å². The third-order valence-corrected chi connectivity index (χ3v) is 4.20. The highest BCUT2D eigenvalue weighted by atomic mass is 79.9. The summed E-state index contributed by atoms with van der Waals surface area (Å²) in [6.45, 7) is 3.20. The molecule has 1 aliphatic carbocycles. The summed E-state index contributed by atoms with van der Waals surface area (Å²) in [5.41, 5.74) is -0.806. The van der Waals surface area contributed by atoms with Crippen LogP contribution in [0.2, 0.25) is 0 Å². The minimum Gasteiger partial charge on any atom is -0.479 e. The monoisotopic (exact) mass is 311 g/mol. The van der Waals surface area contributed by atoms with Gasteiger partial charge in [-0.25, -0.2) is 4.79 Å². The highest BCUT2D eigenvalue weighted by Gasteiger charge is 2.71. The molecule has 18 heavy (non-hydrogen) atoms. The normalized spacial score (nSPS) is 29.7. The van der Waals surface area contributed by atoms with Crippen molar-refractivity contribution < 1.29 is 14.7 Å². The Morgan fingerprint density at radius 3 is 2.33 bits per heavy atom. The molecule has 0 radical (unpaired) electrons. The van der Waals surface area contributed by atoms with E-state index in [2.05, 4.69) is 21.2 Å². The minimum absolute atomic E-state index is 0.321. The average molecular weight is 312 g/mol. The number of amides is 1. The van der Waals surface area contributed by atoms with E-state index in [9.17, 15) is 14.7 Å². The predicted octanol–water partition coefficient (Wildman–Crippen LogP) is 2.07. The topological polar surface area (TPSA) is 66.4 Å². The lowest BCUT2D eigenvalue weighted by Gasteiger charge is -2.20. The number of carboxylic acids is 1. The second-order valence-electron chi connectivity index (χ2n) is 4.91. The molecule has 2 N–H and O–H groups in total. The van der Waals surface area contributed by atoms with Gasteiger partial charge in [0, 0.05) is 16.8 Å². The fraction of sp³-hybridized carbons (Fsp3) is 0.385.